The predicted molar refractivity (Wildman–Crippen MR) is 122 cm³/mol. The number of hydrogen-bond acceptors (Lipinski definition) is 7. The van der Waals surface area contributed by atoms with Gasteiger partial charge in [-0.1, -0.05) is 35.3 Å². The molecule has 0 saturated heterocycles. The first-order valence-corrected chi connectivity index (χ1v) is 10.0. The number of rotatable bonds is 8. The number of nitro groups is 1. The van der Waals surface area contributed by atoms with Gasteiger partial charge in [-0.05, 0) is 48.0 Å². The summed E-state index contributed by atoms with van der Waals surface area (Å²) in [6.45, 7) is -0.314. The van der Waals surface area contributed by atoms with Crippen molar-refractivity contribution in [3.8, 4) is 11.5 Å². The Morgan fingerprint density at radius 2 is 1.82 bits per heavy atom. The van der Waals surface area contributed by atoms with E-state index < -0.39 is 16.8 Å². The number of ether oxygens (including phenoxy) is 2. The molecule has 0 spiro atoms. The van der Waals surface area contributed by atoms with E-state index in [0.717, 1.165) is 0 Å². The molecule has 3 aromatic carbocycles. The van der Waals surface area contributed by atoms with E-state index in [9.17, 15) is 19.7 Å². The number of nitro benzene ring substituents is 1. The van der Waals surface area contributed by atoms with Gasteiger partial charge in [-0.15, -0.1) is 0 Å². The lowest BCUT2D eigenvalue weighted by atomic mass is 10.2. The van der Waals surface area contributed by atoms with Crippen molar-refractivity contribution in [2.45, 2.75) is 0 Å². The SMILES string of the molecule is O=C(COc1ccc(Cl)cc1Cl)N/N=C\c1cccc(OC(=O)c2ccc([N+](=O)[O-])cc2)c1. The maximum Gasteiger partial charge on any atom is 0.343 e. The van der Waals surface area contributed by atoms with E-state index in [4.69, 9.17) is 32.7 Å². The summed E-state index contributed by atoms with van der Waals surface area (Å²) in [6.07, 6.45) is 1.36. The van der Waals surface area contributed by atoms with E-state index in [0.29, 0.717) is 16.3 Å². The molecule has 168 valence electrons. The maximum absolute atomic E-state index is 12.2. The molecule has 0 bridgehead atoms. The summed E-state index contributed by atoms with van der Waals surface area (Å²) in [5.74, 6) is -0.652. The van der Waals surface area contributed by atoms with Crippen LogP contribution in [0, 0.1) is 10.1 Å². The van der Waals surface area contributed by atoms with E-state index in [1.54, 1.807) is 30.3 Å². The van der Waals surface area contributed by atoms with Gasteiger partial charge < -0.3 is 9.47 Å². The van der Waals surface area contributed by atoms with Crippen LogP contribution in [0.3, 0.4) is 0 Å². The fourth-order valence-corrected chi connectivity index (χ4v) is 2.95. The molecule has 1 N–H and O–H groups in total. The number of hydrazone groups is 1. The highest BCUT2D eigenvalue weighted by Crippen LogP contribution is 2.27. The van der Waals surface area contributed by atoms with Crippen LogP contribution < -0.4 is 14.9 Å². The molecular formula is C22H15Cl2N3O6. The molecule has 0 aliphatic rings. The van der Waals surface area contributed by atoms with Crippen LogP contribution in [-0.2, 0) is 4.79 Å². The molecule has 1 amide bonds. The lowest BCUT2D eigenvalue weighted by Crippen LogP contribution is -2.24. The Labute approximate surface area is 197 Å². The van der Waals surface area contributed by atoms with Crippen molar-refractivity contribution in [1.29, 1.82) is 0 Å². The number of non-ortho nitro benzene ring substituents is 1. The normalized spacial score (nSPS) is 10.6. The second-order valence-electron chi connectivity index (χ2n) is 6.42. The monoisotopic (exact) mass is 487 g/mol. The Bertz CT molecular complexity index is 1220. The molecule has 11 heteroatoms. The number of carbonyl (C=O) groups excluding carboxylic acids is 2. The molecule has 0 aliphatic heterocycles. The van der Waals surface area contributed by atoms with Gasteiger partial charge in [-0.2, -0.15) is 5.10 Å². The Hall–Kier alpha value is -3.95. The Morgan fingerprint density at radius 1 is 1.06 bits per heavy atom. The van der Waals surface area contributed by atoms with E-state index in [-0.39, 0.29) is 28.6 Å². The zero-order valence-corrected chi connectivity index (χ0v) is 18.2. The van der Waals surface area contributed by atoms with Gasteiger partial charge in [0.25, 0.3) is 11.6 Å². The Morgan fingerprint density at radius 3 is 2.52 bits per heavy atom. The van der Waals surface area contributed by atoms with Crippen LogP contribution in [0.5, 0.6) is 11.5 Å². The van der Waals surface area contributed by atoms with Gasteiger partial charge in [0.05, 0.1) is 21.7 Å². The van der Waals surface area contributed by atoms with Gasteiger partial charge in [0.15, 0.2) is 6.61 Å². The topological polar surface area (TPSA) is 120 Å². The van der Waals surface area contributed by atoms with Crippen LogP contribution in [0.15, 0.2) is 71.8 Å². The molecule has 0 atom stereocenters. The van der Waals surface area contributed by atoms with Crippen LogP contribution in [0.1, 0.15) is 15.9 Å². The average molecular weight is 488 g/mol. The first kappa shape index (κ1) is 23.7. The zero-order valence-electron chi connectivity index (χ0n) is 16.7. The molecule has 9 nitrogen and oxygen atoms in total. The van der Waals surface area contributed by atoms with Gasteiger partial charge in [0, 0.05) is 17.2 Å². The Kier molecular flexibility index (Phi) is 7.96. The van der Waals surface area contributed by atoms with Gasteiger partial charge in [-0.25, -0.2) is 10.2 Å². The number of nitrogens with zero attached hydrogens (tertiary/aromatic N) is 2. The molecular weight excluding hydrogens is 473 g/mol. The summed E-state index contributed by atoms with van der Waals surface area (Å²) in [5.41, 5.74) is 2.88. The summed E-state index contributed by atoms with van der Waals surface area (Å²) < 4.78 is 10.6. The van der Waals surface area contributed by atoms with Gasteiger partial charge in [0.2, 0.25) is 0 Å². The second kappa shape index (κ2) is 11.1. The van der Waals surface area contributed by atoms with Gasteiger partial charge >= 0.3 is 5.97 Å². The summed E-state index contributed by atoms with van der Waals surface area (Å²) >= 11 is 11.8. The number of carbonyl (C=O) groups is 2. The zero-order chi connectivity index (χ0) is 23.8. The standard InChI is InChI=1S/C22H15Cl2N3O6/c23-16-6-9-20(19(24)11-16)32-13-21(28)26-25-12-14-2-1-3-18(10-14)33-22(29)15-4-7-17(8-5-15)27(30)31/h1-12H,13H2,(H,26,28)/b25-12-. The average Bonchev–Trinajstić information content (AvgIpc) is 2.79. The molecule has 0 aromatic heterocycles. The number of nitrogens with one attached hydrogen (secondary N) is 1. The highest BCUT2D eigenvalue weighted by Gasteiger charge is 2.12. The van der Waals surface area contributed by atoms with Crippen LogP contribution in [-0.4, -0.2) is 29.6 Å². The molecule has 0 heterocycles. The van der Waals surface area contributed by atoms with E-state index in [1.165, 1.54) is 42.6 Å². The summed E-state index contributed by atoms with van der Waals surface area (Å²) in [4.78, 5) is 34.3. The molecule has 0 radical (unpaired) electrons. The first-order chi connectivity index (χ1) is 15.8. The third-order valence-corrected chi connectivity index (χ3v) is 4.57. The van der Waals surface area contributed by atoms with Crippen LogP contribution in [0.4, 0.5) is 5.69 Å². The third-order valence-electron chi connectivity index (χ3n) is 4.04. The molecule has 3 rings (SSSR count). The highest BCUT2D eigenvalue weighted by atomic mass is 35.5. The third kappa shape index (κ3) is 7.03. The first-order valence-electron chi connectivity index (χ1n) is 9.28. The van der Waals surface area contributed by atoms with E-state index >= 15 is 0 Å². The molecule has 0 unspecified atom stereocenters. The predicted octanol–water partition coefficient (Wildman–Crippen LogP) is 4.65. The van der Waals surface area contributed by atoms with Crippen molar-refractivity contribution in [3.63, 3.8) is 0 Å². The fraction of sp³-hybridized carbons (Fsp3) is 0.0455. The number of esters is 1. The van der Waals surface area contributed by atoms with Crippen LogP contribution in [0.25, 0.3) is 0 Å². The van der Waals surface area contributed by atoms with E-state index in [2.05, 4.69) is 10.5 Å². The molecule has 0 fully saturated rings. The minimum Gasteiger partial charge on any atom is -0.482 e. The smallest absolute Gasteiger partial charge is 0.343 e. The molecule has 3 aromatic rings. The number of benzene rings is 3. The van der Waals surface area contributed by atoms with Gasteiger partial charge in [0.1, 0.15) is 11.5 Å². The summed E-state index contributed by atoms with van der Waals surface area (Å²) in [7, 11) is 0. The minimum absolute atomic E-state index is 0.131. The van der Waals surface area contributed by atoms with Crippen molar-refractivity contribution in [1.82, 2.24) is 5.43 Å². The lowest BCUT2D eigenvalue weighted by Gasteiger charge is -2.07. The fourth-order valence-electron chi connectivity index (χ4n) is 2.49. The van der Waals surface area contributed by atoms with Crippen molar-refractivity contribution in [2.24, 2.45) is 5.10 Å². The summed E-state index contributed by atoms with van der Waals surface area (Å²) in [6, 6.07) is 16.1. The van der Waals surface area contributed by atoms with Crippen molar-refractivity contribution >= 4 is 47.0 Å². The van der Waals surface area contributed by atoms with Crippen molar-refractivity contribution < 1.29 is 24.0 Å². The van der Waals surface area contributed by atoms with E-state index in [1.807, 2.05) is 0 Å². The summed E-state index contributed by atoms with van der Waals surface area (Å²) in [5, 5.41) is 15.3. The largest absolute Gasteiger partial charge is 0.482 e. The maximum atomic E-state index is 12.2. The second-order valence-corrected chi connectivity index (χ2v) is 7.27. The van der Waals surface area contributed by atoms with Crippen molar-refractivity contribution in [2.75, 3.05) is 6.61 Å². The quantitative estimate of drug-likeness (QED) is 0.162. The minimum atomic E-state index is -0.676. The van der Waals surface area contributed by atoms with Crippen molar-refractivity contribution in [3.05, 3.63) is 98.0 Å². The van der Waals surface area contributed by atoms with Crippen LogP contribution in [0.2, 0.25) is 10.0 Å². The number of amides is 1. The van der Waals surface area contributed by atoms with Crippen LogP contribution >= 0.6 is 23.2 Å². The Balaban J connectivity index is 1.53. The molecule has 0 saturated carbocycles. The molecule has 33 heavy (non-hydrogen) atoms. The number of halogens is 2. The number of hydrogen-bond donors (Lipinski definition) is 1. The van der Waals surface area contributed by atoms with Gasteiger partial charge in [-0.3, -0.25) is 14.9 Å². The highest BCUT2D eigenvalue weighted by molar-refractivity contribution is 6.35. The molecule has 0 aliphatic carbocycles. The lowest BCUT2D eigenvalue weighted by molar-refractivity contribution is -0.384.